The SMILES string of the molecule is CCC[C@H](C)NC(=O)CN(c1ccc(OCC)cc1)S(C)(=O)=O. The third-order valence-corrected chi connectivity index (χ3v) is 4.39. The van der Waals surface area contributed by atoms with Crippen LogP contribution < -0.4 is 14.4 Å². The van der Waals surface area contributed by atoms with Crippen LogP contribution in [0.5, 0.6) is 5.75 Å². The molecule has 130 valence electrons. The molecule has 0 unspecified atom stereocenters. The number of anilines is 1. The van der Waals surface area contributed by atoms with Gasteiger partial charge in [0.15, 0.2) is 0 Å². The zero-order valence-electron chi connectivity index (χ0n) is 14.2. The van der Waals surface area contributed by atoms with E-state index in [2.05, 4.69) is 5.32 Å². The number of nitrogens with zero attached hydrogens (tertiary/aromatic N) is 1. The molecule has 0 aliphatic carbocycles. The molecule has 0 bridgehead atoms. The Balaban J connectivity index is 2.87. The summed E-state index contributed by atoms with van der Waals surface area (Å²) in [4.78, 5) is 12.1. The number of nitrogens with one attached hydrogen (secondary N) is 1. The van der Waals surface area contributed by atoms with E-state index in [1.165, 1.54) is 0 Å². The van der Waals surface area contributed by atoms with E-state index in [9.17, 15) is 13.2 Å². The summed E-state index contributed by atoms with van der Waals surface area (Å²) >= 11 is 0. The van der Waals surface area contributed by atoms with Crippen LogP contribution in [0.25, 0.3) is 0 Å². The standard InChI is InChI=1S/C16H26N2O4S/c1-5-7-13(3)17-16(19)12-18(23(4,20)21)14-8-10-15(11-9-14)22-6-2/h8-11,13H,5-7,12H2,1-4H3,(H,17,19)/t13-/m0/s1. The predicted octanol–water partition coefficient (Wildman–Crippen LogP) is 2.16. The smallest absolute Gasteiger partial charge is 0.240 e. The summed E-state index contributed by atoms with van der Waals surface area (Å²) < 4.78 is 30.4. The molecule has 0 spiro atoms. The highest BCUT2D eigenvalue weighted by molar-refractivity contribution is 7.92. The monoisotopic (exact) mass is 342 g/mol. The van der Waals surface area contributed by atoms with Crippen LogP contribution >= 0.6 is 0 Å². The number of hydrogen-bond donors (Lipinski definition) is 1. The van der Waals surface area contributed by atoms with Crippen LogP contribution in [-0.2, 0) is 14.8 Å². The number of carbonyl (C=O) groups excluding carboxylic acids is 1. The van der Waals surface area contributed by atoms with Gasteiger partial charge in [0.25, 0.3) is 0 Å². The van der Waals surface area contributed by atoms with Crippen molar-refractivity contribution in [2.75, 3.05) is 23.7 Å². The lowest BCUT2D eigenvalue weighted by Gasteiger charge is -2.23. The van der Waals surface area contributed by atoms with Gasteiger partial charge in [-0.3, -0.25) is 9.10 Å². The molecule has 1 N–H and O–H groups in total. The summed E-state index contributed by atoms with van der Waals surface area (Å²) in [6, 6.07) is 6.67. The van der Waals surface area contributed by atoms with Crippen LogP contribution in [0.4, 0.5) is 5.69 Å². The molecule has 0 aliphatic heterocycles. The molecule has 7 heteroatoms. The van der Waals surface area contributed by atoms with Gasteiger partial charge in [-0.25, -0.2) is 8.42 Å². The van der Waals surface area contributed by atoms with Crippen molar-refractivity contribution in [3.8, 4) is 5.75 Å². The number of benzene rings is 1. The number of rotatable bonds is 9. The molecule has 1 aromatic carbocycles. The molecule has 23 heavy (non-hydrogen) atoms. The fourth-order valence-electron chi connectivity index (χ4n) is 2.23. The molecule has 0 fully saturated rings. The van der Waals surface area contributed by atoms with Crippen LogP contribution in [-0.4, -0.2) is 39.8 Å². The Morgan fingerprint density at radius 1 is 1.26 bits per heavy atom. The molecular weight excluding hydrogens is 316 g/mol. The van der Waals surface area contributed by atoms with Crippen LogP contribution in [0.1, 0.15) is 33.6 Å². The van der Waals surface area contributed by atoms with Gasteiger partial charge in [0, 0.05) is 6.04 Å². The summed E-state index contributed by atoms with van der Waals surface area (Å²) in [5.41, 5.74) is 0.439. The Labute approximate surface area is 138 Å². The molecule has 1 amide bonds. The van der Waals surface area contributed by atoms with Gasteiger partial charge >= 0.3 is 0 Å². The van der Waals surface area contributed by atoms with Crippen molar-refractivity contribution in [1.82, 2.24) is 5.32 Å². The Kier molecular flexibility index (Phi) is 7.35. The highest BCUT2D eigenvalue weighted by Gasteiger charge is 2.21. The second-order valence-electron chi connectivity index (χ2n) is 5.45. The molecular formula is C16H26N2O4S. The summed E-state index contributed by atoms with van der Waals surface area (Å²) in [5.74, 6) is 0.344. The van der Waals surface area contributed by atoms with E-state index in [0.717, 1.165) is 23.4 Å². The van der Waals surface area contributed by atoms with E-state index < -0.39 is 10.0 Å². The van der Waals surface area contributed by atoms with E-state index in [1.54, 1.807) is 24.3 Å². The number of amides is 1. The summed E-state index contributed by atoms with van der Waals surface area (Å²) in [5, 5.41) is 2.82. The van der Waals surface area contributed by atoms with Crippen molar-refractivity contribution < 1.29 is 17.9 Å². The van der Waals surface area contributed by atoms with Crippen molar-refractivity contribution in [1.29, 1.82) is 0 Å². The second kappa shape index (κ2) is 8.76. The largest absolute Gasteiger partial charge is 0.494 e. The van der Waals surface area contributed by atoms with Gasteiger partial charge in [-0.1, -0.05) is 13.3 Å². The summed E-state index contributed by atoms with van der Waals surface area (Å²) in [7, 11) is -3.55. The Bertz CT molecular complexity index is 599. The van der Waals surface area contributed by atoms with E-state index in [0.29, 0.717) is 18.0 Å². The molecule has 0 saturated carbocycles. The van der Waals surface area contributed by atoms with Gasteiger partial charge in [-0.2, -0.15) is 0 Å². The van der Waals surface area contributed by atoms with E-state index in [4.69, 9.17) is 4.74 Å². The fourth-order valence-corrected chi connectivity index (χ4v) is 3.09. The summed E-state index contributed by atoms with van der Waals surface area (Å²) in [6.45, 7) is 6.11. The topological polar surface area (TPSA) is 75.7 Å². The van der Waals surface area contributed by atoms with Gasteiger partial charge in [0.05, 0.1) is 18.6 Å². The first kappa shape index (κ1) is 19.3. The number of ether oxygens (including phenoxy) is 1. The van der Waals surface area contributed by atoms with Crippen molar-refractivity contribution in [3.63, 3.8) is 0 Å². The lowest BCUT2D eigenvalue weighted by atomic mass is 10.2. The number of carbonyl (C=O) groups is 1. The van der Waals surface area contributed by atoms with Crippen LogP contribution in [0.2, 0.25) is 0 Å². The molecule has 1 aromatic rings. The molecule has 0 heterocycles. The maximum atomic E-state index is 12.1. The van der Waals surface area contributed by atoms with E-state index >= 15 is 0 Å². The Hall–Kier alpha value is -1.76. The number of hydrogen-bond acceptors (Lipinski definition) is 4. The minimum Gasteiger partial charge on any atom is -0.494 e. The van der Waals surface area contributed by atoms with Crippen molar-refractivity contribution in [2.24, 2.45) is 0 Å². The molecule has 1 rings (SSSR count). The first-order valence-corrected chi connectivity index (χ1v) is 9.62. The molecule has 6 nitrogen and oxygen atoms in total. The second-order valence-corrected chi connectivity index (χ2v) is 7.36. The fraction of sp³-hybridized carbons (Fsp3) is 0.562. The van der Waals surface area contributed by atoms with Crippen molar-refractivity contribution >= 4 is 21.6 Å². The molecule has 0 saturated heterocycles. The molecule has 0 aliphatic rings. The van der Waals surface area contributed by atoms with Gasteiger partial charge in [0.2, 0.25) is 15.9 Å². The van der Waals surface area contributed by atoms with Crippen LogP contribution in [0.15, 0.2) is 24.3 Å². The van der Waals surface area contributed by atoms with Crippen LogP contribution in [0, 0.1) is 0 Å². The lowest BCUT2D eigenvalue weighted by molar-refractivity contribution is -0.120. The van der Waals surface area contributed by atoms with E-state index in [1.807, 2.05) is 20.8 Å². The normalized spacial score (nSPS) is 12.5. The quantitative estimate of drug-likeness (QED) is 0.746. The van der Waals surface area contributed by atoms with Gasteiger partial charge in [0.1, 0.15) is 12.3 Å². The third-order valence-electron chi connectivity index (χ3n) is 3.25. The van der Waals surface area contributed by atoms with Gasteiger partial charge in [-0.05, 0) is 44.5 Å². The summed E-state index contributed by atoms with van der Waals surface area (Å²) in [6.07, 6.45) is 2.90. The Morgan fingerprint density at radius 3 is 2.35 bits per heavy atom. The molecule has 0 radical (unpaired) electrons. The minimum absolute atomic E-state index is 0.0224. The average Bonchev–Trinajstić information content (AvgIpc) is 2.45. The first-order valence-electron chi connectivity index (χ1n) is 7.77. The highest BCUT2D eigenvalue weighted by Crippen LogP contribution is 2.21. The zero-order valence-corrected chi connectivity index (χ0v) is 15.0. The maximum Gasteiger partial charge on any atom is 0.240 e. The molecule has 0 aromatic heterocycles. The molecule has 1 atom stereocenters. The maximum absolute atomic E-state index is 12.1. The van der Waals surface area contributed by atoms with Crippen molar-refractivity contribution in [3.05, 3.63) is 24.3 Å². The third kappa shape index (κ3) is 6.48. The zero-order chi connectivity index (χ0) is 17.5. The van der Waals surface area contributed by atoms with Crippen LogP contribution in [0.3, 0.4) is 0 Å². The lowest BCUT2D eigenvalue weighted by Crippen LogP contribution is -2.43. The van der Waals surface area contributed by atoms with Gasteiger partial charge < -0.3 is 10.1 Å². The highest BCUT2D eigenvalue weighted by atomic mass is 32.2. The van der Waals surface area contributed by atoms with Gasteiger partial charge in [-0.15, -0.1) is 0 Å². The average molecular weight is 342 g/mol. The Morgan fingerprint density at radius 2 is 1.87 bits per heavy atom. The predicted molar refractivity (Wildman–Crippen MR) is 92.3 cm³/mol. The van der Waals surface area contributed by atoms with E-state index in [-0.39, 0.29) is 18.5 Å². The van der Waals surface area contributed by atoms with Crippen molar-refractivity contribution in [2.45, 2.75) is 39.7 Å². The first-order chi connectivity index (χ1) is 10.8. The minimum atomic E-state index is -3.55. The number of sulfonamides is 1.